The highest BCUT2D eigenvalue weighted by Crippen LogP contribution is 2.29. The minimum Gasteiger partial charge on any atom is -0.382 e. The standard InChI is InChI=1S/C10H16N4O2S/c1-13(2)9(15)7-8(11)12-10(17-7)14-3-5-16-6-4-14/h3-6,11H2,1-2H3. The van der Waals surface area contributed by atoms with Crippen LogP contribution in [0.15, 0.2) is 0 Å². The molecule has 94 valence electrons. The van der Waals surface area contributed by atoms with Crippen LogP contribution in [0.3, 0.4) is 0 Å². The molecule has 7 heteroatoms. The van der Waals surface area contributed by atoms with Gasteiger partial charge in [0.05, 0.1) is 13.2 Å². The molecular weight excluding hydrogens is 240 g/mol. The Morgan fingerprint density at radius 2 is 2.12 bits per heavy atom. The Labute approximate surface area is 104 Å². The molecule has 6 nitrogen and oxygen atoms in total. The summed E-state index contributed by atoms with van der Waals surface area (Å²) < 4.78 is 5.27. The van der Waals surface area contributed by atoms with Crippen molar-refractivity contribution in [2.75, 3.05) is 51.0 Å². The van der Waals surface area contributed by atoms with E-state index < -0.39 is 0 Å². The van der Waals surface area contributed by atoms with E-state index in [1.54, 1.807) is 14.1 Å². The van der Waals surface area contributed by atoms with E-state index in [2.05, 4.69) is 9.88 Å². The normalized spacial score (nSPS) is 16.0. The van der Waals surface area contributed by atoms with Gasteiger partial charge in [-0.15, -0.1) is 0 Å². The van der Waals surface area contributed by atoms with Gasteiger partial charge in [-0.25, -0.2) is 4.98 Å². The predicted octanol–water partition coefficient (Wildman–Crippen LogP) is 0.264. The van der Waals surface area contributed by atoms with Crippen LogP contribution in [0.25, 0.3) is 0 Å². The third-order valence-electron chi connectivity index (χ3n) is 2.52. The zero-order valence-electron chi connectivity index (χ0n) is 9.97. The first kappa shape index (κ1) is 12.1. The number of carbonyl (C=O) groups is 1. The second-order valence-corrected chi connectivity index (χ2v) is 4.99. The summed E-state index contributed by atoms with van der Waals surface area (Å²) >= 11 is 1.35. The summed E-state index contributed by atoms with van der Waals surface area (Å²) in [5, 5.41) is 0.802. The van der Waals surface area contributed by atoms with Crippen LogP contribution >= 0.6 is 11.3 Å². The number of hydrogen-bond acceptors (Lipinski definition) is 6. The Bertz CT molecular complexity index is 412. The first-order valence-electron chi connectivity index (χ1n) is 5.40. The Morgan fingerprint density at radius 3 is 2.71 bits per heavy atom. The summed E-state index contributed by atoms with van der Waals surface area (Å²) in [5.41, 5.74) is 5.78. The molecule has 2 heterocycles. The molecule has 0 atom stereocenters. The molecule has 1 saturated heterocycles. The number of ether oxygens (including phenoxy) is 1. The first-order chi connectivity index (χ1) is 8.09. The van der Waals surface area contributed by atoms with Gasteiger partial charge in [-0.05, 0) is 0 Å². The Morgan fingerprint density at radius 1 is 1.47 bits per heavy atom. The summed E-state index contributed by atoms with van der Waals surface area (Å²) in [6, 6.07) is 0. The van der Waals surface area contributed by atoms with Crippen molar-refractivity contribution >= 4 is 28.2 Å². The van der Waals surface area contributed by atoms with Crippen LogP contribution in [0, 0.1) is 0 Å². The Balaban J connectivity index is 2.20. The van der Waals surface area contributed by atoms with Crippen molar-refractivity contribution < 1.29 is 9.53 Å². The number of hydrogen-bond donors (Lipinski definition) is 1. The van der Waals surface area contributed by atoms with Crippen molar-refractivity contribution in [2.24, 2.45) is 0 Å². The van der Waals surface area contributed by atoms with Gasteiger partial charge < -0.3 is 20.3 Å². The number of carbonyl (C=O) groups excluding carboxylic acids is 1. The molecule has 1 aromatic heterocycles. The lowest BCUT2D eigenvalue weighted by Crippen LogP contribution is -2.36. The molecule has 1 fully saturated rings. The van der Waals surface area contributed by atoms with Gasteiger partial charge in [0, 0.05) is 27.2 Å². The predicted molar refractivity (Wildman–Crippen MR) is 67.6 cm³/mol. The molecule has 0 bridgehead atoms. The fourth-order valence-corrected chi connectivity index (χ4v) is 2.62. The molecule has 0 spiro atoms. The van der Waals surface area contributed by atoms with Crippen molar-refractivity contribution in [2.45, 2.75) is 0 Å². The van der Waals surface area contributed by atoms with Crippen LogP contribution in [-0.4, -0.2) is 56.2 Å². The van der Waals surface area contributed by atoms with E-state index >= 15 is 0 Å². The topological polar surface area (TPSA) is 71.7 Å². The summed E-state index contributed by atoms with van der Waals surface area (Å²) in [5.74, 6) is 0.217. The minimum atomic E-state index is -0.0977. The molecule has 17 heavy (non-hydrogen) atoms. The first-order valence-corrected chi connectivity index (χ1v) is 6.22. The van der Waals surface area contributed by atoms with Crippen LogP contribution < -0.4 is 10.6 Å². The number of nitrogens with two attached hydrogens (primary N) is 1. The fourth-order valence-electron chi connectivity index (χ4n) is 1.57. The van der Waals surface area contributed by atoms with E-state index in [1.807, 2.05) is 0 Å². The van der Waals surface area contributed by atoms with Crippen molar-refractivity contribution in [3.05, 3.63) is 4.88 Å². The maximum absolute atomic E-state index is 11.8. The third kappa shape index (κ3) is 2.50. The van der Waals surface area contributed by atoms with Gasteiger partial charge in [0.15, 0.2) is 5.13 Å². The molecule has 2 N–H and O–H groups in total. The smallest absolute Gasteiger partial charge is 0.267 e. The summed E-state index contributed by atoms with van der Waals surface area (Å²) in [6.07, 6.45) is 0. The van der Waals surface area contributed by atoms with Crippen molar-refractivity contribution in [3.8, 4) is 0 Å². The van der Waals surface area contributed by atoms with E-state index in [9.17, 15) is 4.79 Å². The highest BCUT2D eigenvalue weighted by Gasteiger charge is 2.21. The monoisotopic (exact) mass is 256 g/mol. The summed E-state index contributed by atoms with van der Waals surface area (Å²) in [7, 11) is 3.41. The molecule has 2 rings (SSSR count). The van der Waals surface area contributed by atoms with Crippen molar-refractivity contribution in [1.82, 2.24) is 9.88 Å². The van der Waals surface area contributed by atoms with E-state index in [0.29, 0.717) is 23.9 Å². The molecule has 1 aliphatic rings. The van der Waals surface area contributed by atoms with Gasteiger partial charge in [-0.2, -0.15) is 0 Å². The van der Waals surface area contributed by atoms with E-state index in [0.717, 1.165) is 18.2 Å². The number of aromatic nitrogens is 1. The molecule has 1 aromatic rings. The van der Waals surface area contributed by atoms with Gasteiger partial charge >= 0.3 is 0 Å². The molecule has 0 aromatic carbocycles. The second kappa shape index (κ2) is 4.89. The van der Waals surface area contributed by atoms with E-state index in [-0.39, 0.29) is 5.91 Å². The lowest BCUT2D eigenvalue weighted by Gasteiger charge is -2.25. The van der Waals surface area contributed by atoms with Gasteiger partial charge in [0.25, 0.3) is 5.91 Å². The van der Waals surface area contributed by atoms with E-state index in [4.69, 9.17) is 10.5 Å². The highest BCUT2D eigenvalue weighted by atomic mass is 32.1. The van der Waals surface area contributed by atoms with Crippen molar-refractivity contribution in [1.29, 1.82) is 0 Å². The maximum atomic E-state index is 11.8. The number of thiazole rings is 1. The lowest BCUT2D eigenvalue weighted by molar-refractivity contribution is 0.0833. The number of rotatable bonds is 2. The number of amides is 1. The van der Waals surface area contributed by atoms with Gasteiger partial charge in [-0.3, -0.25) is 4.79 Å². The maximum Gasteiger partial charge on any atom is 0.267 e. The minimum absolute atomic E-state index is 0.0977. The zero-order valence-corrected chi connectivity index (χ0v) is 10.8. The van der Waals surface area contributed by atoms with Crippen LogP contribution in [0.5, 0.6) is 0 Å². The Kier molecular flexibility index (Phi) is 3.49. The molecule has 0 aliphatic carbocycles. The second-order valence-electron chi connectivity index (χ2n) is 4.01. The molecule has 1 aliphatic heterocycles. The van der Waals surface area contributed by atoms with Crippen molar-refractivity contribution in [3.63, 3.8) is 0 Å². The zero-order chi connectivity index (χ0) is 12.4. The fraction of sp³-hybridized carbons (Fsp3) is 0.600. The SMILES string of the molecule is CN(C)C(=O)c1sc(N2CCOCC2)nc1N. The highest BCUT2D eigenvalue weighted by molar-refractivity contribution is 7.18. The average Bonchev–Trinajstić information content (AvgIpc) is 2.71. The third-order valence-corrected chi connectivity index (χ3v) is 3.64. The van der Waals surface area contributed by atoms with E-state index in [1.165, 1.54) is 16.2 Å². The lowest BCUT2D eigenvalue weighted by atomic mass is 10.4. The molecular formula is C10H16N4O2S. The average molecular weight is 256 g/mol. The Hall–Kier alpha value is -1.34. The molecule has 1 amide bonds. The molecule has 0 saturated carbocycles. The van der Waals surface area contributed by atoms with Crippen LogP contribution in [0.1, 0.15) is 9.67 Å². The number of morpholine rings is 1. The largest absolute Gasteiger partial charge is 0.382 e. The molecule has 0 radical (unpaired) electrons. The van der Waals surface area contributed by atoms with Crippen LogP contribution in [0.2, 0.25) is 0 Å². The molecule has 0 unspecified atom stereocenters. The van der Waals surface area contributed by atoms with Gasteiger partial charge in [0.1, 0.15) is 10.7 Å². The summed E-state index contributed by atoms with van der Waals surface area (Å²) in [4.78, 5) is 20.2. The quantitative estimate of drug-likeness (QED) is 0.822. The summed E-state index contributed by atoms with van der Waals surface area (Å²) in [6.45, 7) is 2.97. The van der Waals surface area contributed by atoms with Gasteiger partial charge in [0.2, 0.25) is 0 Å². The number of nitrogen functional groups attached to an aromatic ring is 1. The number of anilines is 2. The number of nitrogens with zero attached hydrogens (tertiary/aromatic N) is 3. The van der Waals surface area contributed by atoms with Crippen LogP contribution in [-0.2, 0) is 4.74 Å². The van der Waals surface area contributed by atoms with Gasteiger partial charge in [-0.1, -0.05) is 11.3 Å². The van der Waals surface area contributed by atoms with Crippen LogP contribution in [0.4, 0.5) is 10.9 Å².